The fourth-order valence-corrected chi connectivity index (χ4v) is 2.96. The summed E-state index contributed by atoms with van der Waals surface area (Å²) in [5.41, 5.74) is -10.2. The van der Waals surface area contributed by atoms with Crippen molar-refractivity contribution in [2.45, 2.75) is 18.1 Å². The van der Waals surface area contributed by atoms with E-state index >= 15 is 0 Å². The van der Waals surface area contributed by atoms with Crippen LogP contribution in [0.25, 0.3) is 0 Å². The summed E-state index contributed by atoms with van der Waals surface area (Å²) in [6, 6.07) is 0. The van der Waals surface area contributed by atoms with E-state index in [4.69, 9.17) is 20.4 Å². The molecule has 0 atom stereocenters. The summed E-state index contributed by atoms with van der Waals surface area (Å²) in [4.78, 5) is 44.3. The normalized spacial score (nSPS) is 12.2. The largest absolute Gasteiger partial charge is 0.478 e. The molecular formula is C19H4F12O10. The summed E-state index contributed by atoms with van der Waals surface area (Å²) in [6.45, 7) is 0. The number of carboxylic acids is 4. The standard InChI is InChI=1S/C19H4F12O10/c20-5-1(13(32)33)3(15(36)37)7(22)11(9(5)24)40-17(18(26,27)28,19(29,30)31)41-12-8(23)4(16(38)39)2(14(34)35)6(21)10(12)25/h(H,32,33)(H,34,35)(H,36,37)(H,38,39). The number of rotatable bonds is 8. The van der Waals surface area contributed by atoms with E-state index in [2.05, 4.69) is 9.47 Å². The van der Waals surface area contributed by atoms with Crippen LogP contribution in [0, 0.1) is 34.9 Å². The van der Waals surface area contributed by atoms with Gasteiger partial charge in [0.25, 0.3) is 0 Å². The highest BCUT2D eigenvalue weighted by Gasteiger charge is 2.78. The van der Waals surface area contributed by atoms with E-state index in [0.717, 1.165) is 0 Å². The highest BCUT2D eigenvalue weighted by molar-refractivity contribution is 6.03. The summed E-state index contributed by atoms with van der Waals surface area (Å²) >= 11 is 0. The van der Waals surface area contributed by atoms with Crippen molar-refractivity contribution in [3.63, 3.8) is 0 Å². The van der Waals surface area contributed by atoms with Crippen molar-refractivity contribution in [3.8, 4) is 11.5 Å². The number of halogens is 12. The molecule has 10 nitrogen and oxygen atoms in total. The van der Waals surface area contributed by atoms with Gasteiger partial charge in [0.15, 0.2) is 34.8 Å². The van der Waals surface area contributed by atoms with Crippen molar-refractivity contribution in [2.24, 2.45) is 0 Å². The number of hydrogen-bond acceptors (Lipinski definition) is 6. The van der Waals surface area contributed by atoms with Gasteiger partial charge in [0.2, 0.25) is 11.6 Å². The van der Waals surface area contributed by atoms with Crippen molar-refractivity contribution in [1.29, 1.82) is 0 Å². The number of ether oxygens (including phenoxy) is 2. The van der Waals surface area contributed by atoms with E-state index in [1.54, 1.807) is 0 Å². The van der Waals surface area contributed by atoms with Crippen LogP contribution < -0.4 is 9.47 Å². The van der Waals surface area contributed by atoms with Crippen LogP contribution in [0.4, 0.5) is 52.7 Å². The molecule has 0 aliphatic carbocycles. The van der Waals surface area contributed by atoms with Gasteiger partial charge in [-0.3, -0.25) is 0 Å². The Morgan fingerprint density at radius 1 is 0.439 bits per heavy atom. The molecule has 22 heteroatoms. The van der Waals surface area contributed by atoms with Crippen LogP contribution >= 0.6 is 0 Å². The van der Waals surface area contributed by atoms with E-state index in [1.165, 1.54) is 0 Å². The number of benzene rings is 2. The molecule has 224 valence electrons. The molecule has 41 heavy (non-hydrogen) atoms. The molecule has 0 spiro atoms. The van der Waals surface area contributed by atoms with Gasteiger partial charge in [-0.2, -0.15) is 35.1 Å². The summed E-state index contributed by atoms with van der Waals surface area (Å²) in [5, 5.41) is 35.3. The first kappa shape index (κ1) is 32.3. The SMILES string of the molecule is O=C(O)c1c(F)c(F)c(OC(Oc2c(F)c(F)c(C(=O)O)c(C(=O)O)c2F)(C(F)(F)F)C(F)(F)F)c(F)c1C(=O)O. The smallest absolute Gasteiger partial charge is 0.478 e. The zero-order chi connectivity index (χ0) is 32.2. The van der Waals surface area contributed by atoms with Crippen molar-refractivity contribution in [2.75, 3.05) is 0 Å². The number of aromatic carboxylic acids is 4. The second-order valence-corrected chi connectivity index (χ2v) is 7.08. The molecule has 0 heterocycles. The highest BCUT2D eigenvalue weighted by Crippen LogP contribution is 2.50. The van der Waals surface area contributed by atoms with Gasteiger partial charge in [-0.1, -0.05) is 0 Å². The maximum absolute atomic E-state index is 14.6. The maximum atomic E-state index is 14.6. The molecule has 2 aromatic carbocycles. The van der Waals surface area contributed by atoms with Crippen LogP contribution in [0.3, 0.4) is 0 Å². The minimum absolute atomic E-state index is 2.49. The van der Waals surface area contributed by atoms with E-state index in [9.17, 15) is 71.9 Å². The molecule has 0 saturated carbocycles. The van der Waals surface area contributed by atoms with Gasteiger partial charge in [0.1, 0.15) is 22.3 Å². The summed E-state index contributed by atoms with van der Waals surface area (Å²) in [5.74, 6) is -44.8. The Hall–Kier alpha value is -4.92. The van der Waals surface area contributed by atoms with Gasteiger partial charge >= 0.3 is 42.0 Å². The van der Waals surface area contributed by atoms with Gasteiger partial charge in [-0.15, -0.1) is 0 Å². The van der Waals surface area contributed by atoms with Crippen molar-refractivity contribution >= 4 is 23.9 Å². The van der Waals surface area contributed by atoms with Crippen LogP contribution in [-0.4, -0.2) is 62.4 Å². The second-order valence-electron chi connectivity index (χ2n) is 7.08. The molecule has 0 aliphatic rings. The van der Waals surface area contributed by atoms with Crippen molar-refractivity contribution < 1.29 is 102 Å². The predicted molar refractivity (Wildman–Crippen MR) is 96.6 cm³/mol. The van der Waals surface area contributed by atoms with Crippen LogP contribution in [0.1, 0.15) is 41.4 Å². The quantitative estimate of drug-likeness (QED) is 0.186. The third-order valence-electron chi connectivity index (χ3n) is 4.65. The molecule has 0 saturated heterocycles. The van der Waals surface area contributed by atoms with Crippen LogP contribution in [0.15, 0.2) is 0 Å². The molecule has 0 radical (unpaired) electrons. The van der Waals surface area contributed by atoms with E-state index in [-0.39, 0.29) is 0 Å². The molecule has 0 fully saturated rings. The Morgan fingerprint density at radius 3 is 0.854 bits per heavy atom. The Balaban J connectivity index is 3.11. The lowest BCUT2D eigenvalue weighted by molar-refractivity contribution is -0.423. The molecule has 0 amide bonds. The van der Waals surface area contributed by atoms with E-state index in [1.807, 2.05) is 0 Å². The first-order chi connectivity index (χ1) is 18.4. The summed E-state index contributed by atoms with van der Waals surface area (Å²) in [7, 11) is 0. The van der Waals surface area contributed by atoms with Gasteiger partial charge in [-0.05, 0) is 0 Å². The van der Waals surface area contributed by atoms with Gasteiger partial charge < -0.3 is 29.9 Å². The summed E-state index contributed by atoms with van der Waals surface area (Å²) < 4.78 is 176. The lowest BCUT2D eigenvalue weighted by Crippen LogP contribution is -2.65. The molecule has 0 unspecified atom stereocenters. The molecule has 2 rings (SSSR count). The molecule has 0 bridgehead atoms. The lowest BCUT2D eigenvalue weighted by Gasteiger charge is -2.37. The molecular weight excluding hydrogens is 616 g/mol. The topological polar surface area (TPSA) is 168 Å². The Labute approximate surface area is 213 Å². The molecule has 0 aliphatic heterocycles. The Morgan fingerprint density at radius 2 is 0.659 bits per heavy atom. The maximum Gasteiger partial charge on any atom is 0.478 e. The predicted octanol–water partition coefficient (Wildman–Crippen LogP) is 4.59. The average molecular weight is 620 g/mol. The zero-order valence-corrected chi connectivity index (χ0v) is 18.3. The monoisotopic (exact) mass is 620 g/mol. The third-order valence-corrected chi connectivity index (χ3v) is 4.65. The summed E-state index contributed by atoms with van der Waals surface area (Å²) in [6.07, 6.45) is -14.8. The number of carbonyl (C=O) groups is 4. The molecule has 2 aromatic rings. The number of hydrogen-bond donors (Lipinski definition) is 4. The van der Waals surface area contributed by atoms with Gasteiger partial charge in [-0.25, -0.2) is 36.7 Å². The minimum Gasteiger partial charge on any atom is -0.478 e. The third kappa shape index (κ3) is 5.06. The Bertz CT molecular complexity index is 1380. The minimum atomic E-state index is -7.40. The number of carboxylic acid groups (broad SMARTS) is 4. The van der Waals surface area contributed by atoms with E-state index < -0.39 is 111 Å². The van der Waals surface area contributed by atoms with Crippen LogP contribution in [-0.2, 0) is 0 Å². The first-order valence-corrected chi connectivity index (χ1v) is 9.30. The zero-order valence-electron chi connectivity index (χ0n) is 18.3. The first-order valence-electron chi connectivity index (χ1n) is 9.30. The highest BCUT2D eigenvalue weighted by atomic mass is 19.4. The number of alkyl halides is 6. The Kier molecular flexibility index (Phi) is 8.06. The lowest BCUT2D eigenvalue weighted by atomic mass is 10.0. The van der Waals surface area contributed by atoms with Crippen molar-refractivity contribution in [1.82, 2.24) is 0 Å². The van der Waals surface area contributed by atoms with Gasteiger partial charge in [0.05, 0.1) is 0 Å². The molecule has 4 N–H and O–H groups in total. The van der Waals surface area contributed by atoms with E-state index in [0.29, 0.717) is 0 Å². The fraction of sp³-hybridized carbons (Fsp3) is 0.158. The van der Waals surface area contributed by atoms with Crippen LogP contribution in [0.2, 0.25) is 0 Å². The molecule has 0 aromatic heterocycles. The van der Waals surface area contributed by atoms with Gasteiger partial charge in [0, 0.05) is 0 Å². The fourth-order valence-electron chi connectivity index (χ4n) is 2.96. The second kappa shape index (κ2) is 10.2. The van der Waals surface area contributed by atoms with Crippen molar-refractivity contribution in [3.05, 3.63) is 57.2 Å². The average Bonchev–Trinajstić information content (AvgIpc) is 2.79. The van der Waals surface area contributed by atoms with Crippen LogP contribution in [0.5, 0.6) is 11.5 Å².